The van der Waals surface area contributed by atoms with E-state index >= 15 is 0 Å². The van der Waals surface area contributed by atoms with Crippen LogP contribution in [0.3, 0.4) is 0 Å². The number of nitrogens with one attached hydrogen (secondary N) is 1. The quantitative estimate of drug-likeness (QED) is 0.442. The fourth-order valence-electron chi connectivity index (χ4n) is 4.52. The van der Waals surface area contributed by atoms with Crippen LogP contribution < -0.4 is 11.1 Å². The van der Waals surface area contributed by atoms with Crippen LogP contribution in [0.4, 0.5) is 4.79 Å². The van der Waals surface area contributed by atoms with Crippen LogP contribution in [-0.2, 0) is 9.53 Å². The summed E-state index contributed by atoms with van der Waals surface area (Å²) in [7, 11) is 0. The molecule has 178 valence electrons. The third-order valence-corrected chi connectivity index (χ3v) is 6.21. The van der Waals surface area contributed by atoms with E-state index in [0.29, 0.717) is 31.6 Å². The number of rotatable bonds is 10. The standard InChI is InChI=1S/C25H30N6O3/c1-16(26)24-28-29-30-31(24)23(17(2)32)13-7-8-14-27-25(33)34-15-22-20-11-5-3-9-18(20)19-10-4-6-12-21(19)22/h3-6,9-12,16,22-23H,7-8,13-15,26H2,1-2H3,(H,27,33)/t16-,23-/m0/s1. The molecule has 1 amide bonds. The van der Waals surface area contributed by atoms with E-state index in [1.807, 2.05) is 24.3 Å². The molecule has 0 saturated heterocycles. The van der Waals surface area contributed by atoms with Gasteiger partial charge in [-0.2, -0.15) is 0 Å². The van der Waals surface area contributed by atoms with E-state index in [9.17, 15) is 9.59 Å². The van der Waals surface area contributed by atoms with Crippen LogP contribution in [0.5, 0.6) is 0 Å². The highest BCUT2D eigenvalue weighted by Crippen LogP contribution is 2.44. The van der Waals surface area contributed by atoms with Crippen molar-refractivity contribution in [3.05, 3.63) is 65.5 Å². The Morgan fingerprint density at radius 2 is 1.74 bits per heavy atom. The number of tetrazole rings is 1. The zero-order chi connectivity index (χ0) is 24.1. The molecule has 9 heteroatoms. The van der Waals surface area contributed by atoms with Gasteiger partial charge in [-0.25, -0.2) is 9.48 Å². The lowest BCUT2D eigenvalue weighted by Gasteiger charge is -2.17. The number of aromatic nitrogens is 4. The molecule has 0 radical (unpaired) electrons. The van der Waals surface area contributed by atoms with Gasteiger partial charge in [0.2, 0.25) is 0 Å². The molecule has 2 aromatic carbocycles. The third-order valence-electron chi connectivity index (χ3n) is 6.21. The minimum absolute atomic E-state index is 0.0290. The van der Waals surface area contributed by atoms with Gasteiger partial charge in [0.1, 0.15) is 12.6 Å². The van der Waals surface area contributed by atoms with Gasteiger partial charge in [-0.05, 0) is 65.8 Å². The summed E-state index contributed by atoms with van der Waals surface area (Å²) in [5, 5.41) is 14.3. The number of Topliss-reactive ketones (excluding diaryl/α,β-unsaturated/α-hetero) is 1. The summed E-state index contributed by atoms with van der Waals surface area (Å²) in [5.41, 5.74) is 10.7. The second-order valence-electron chi connectivity index (χ2n) is 8.64. The van der Waals surface area contributed by atoms with E-state index in [-0.39, 0.29) is 24.3 Å². The van der Waals surface area contributed by atoms with Gasteiger partial charge in [-0.15, -0.1) is 5.10 Å². The number of alkyl carbamates (subject to hydrolysis) is 1. The highest BCUT2D eigenvalue weighted by atomic mass is 16.5. The number of benzene rings is 2. The molecule has 0 fully saturated rings. The lowest BCUT2D eigenvalue weighted by Crippen LogP contribution is -2.27. The highest BCUT2D eigenvalue weighted by Gasteiger charge is 2.29. The third kappa shape index (κ3) is 4.99. The fraction of sp³-hybridized carbons (Fsp3) is 0.400. The molecular formula is C25H30N6O3. The zero-order valence-electron chi connectivity index (χ0n) is 19.5. The molecule has 1 aliphatic carbocycles. The Bertz CT molecular complexity index is 1110. The van der Waals surface area contributed by atoms with Crippen LogP contribution in [-0.4, -0.2) is 45.2 Å². The summed E-state index contributed by atoms with van der Waals surface area (Å²) in [5.74, 6) is 0.487. The molecule has 1 aliphatic rings. The van der Waals surface area contributed by atoms with Gasteiger partial charge in [-0.3, -0.25) is 4.79 Å². The van der Waals surface area contributed by atoms with E-state index in [2.05, 4.69) is 45.1 Å². The summed E-state index contributed by atoms with van der Waals surface area (Å²) in [6, 6.07) is 15.6. The van der Waals surface area contributed by atoms with Gasteiger partial charge in [-0.1, -0.05) is 48.5 Å². The SMILES string of the molecule is CC(=O)[C@H](CCCCNC(=O)OCC1c2ccccc2-c2ccccc21)n1nnnc1[C@H](C)N. The van der Waals surface area contributed by atoms with E-state index in [4.69, 9.17) is 10.5 Å². The minimum Gasteiger partial charge on any atom is -0.449 e. The lowest BCUT2D eigenvalue weighted by molar-refractivity contribution is -0.120. The molecule has 1 heterocycles. The number of hydrogen-bond acceptors (Lipinski definition) is 7. The summed E-state index contributed by atoms with van der Waals surface area (Å²) in [4.78, 5) is 24.4. The number of ketones is 1. The van der Waals surface area contributed by atoms with E-state index < -0.39 is 12.1 Å². The van der Waals surface area contributed by atoms with Crippen molar-refractivity contribution in [2.24, 2.45) is 5.73 Å². The second kappa shape index (κ2) is 10.6. The van der Waals surface area contributed by atoms with Crippen molar-refractivity contribution in [1.82, 2.24) is 25.5 Å². The maximum Gasteiger partial charge on any atom is 0.407 e. The van der Waals surface area contributed by atoms with Crippen LogP contribution in [0.2, 0.25) is 0 Å². The van der Waals surface area contributed by atoms with Gasteiger partial charge < -0.3 is 15.8 Å². The number of fused-ring (bicyclic) bond motifs is 3. The van der Waals surface area contributed by atoms with Crippen LogP contribution in [0, 0.1) is 0 Å². The Balaban J connectivity index is 1.24. The normalized spacial score (nSPS) is 14.2. The molecule has 34 heavy (non-hydrogen) atoms. The number of unbranched alkanes of at least 4 members (excludes halogenated alkanes) is 1. The van der Waals surface area contributed by atoms with Crippen molar-refractivity contribution < 1.29 is 14.3 Å². The Hall–Kier alpha value is -3.59. The van der Waals surface area contributed by atoms with Crippen molar-refractivity contribution in [2.45, 2.75) is 51.1 Å². The summed E-state index contributed by atoms with van der Waals surface area (Å²) in [6.07, 6.45) is 1.53. The summed E-state index contributed by atoms with van der Waals surface area (Å²) >= 11 is 0. The summed E-state index contributed by atoms with van der Waals surface area (Å²) < 4.78 is 7.06. The number of nitrogens with two attached hydrogens (primary N) is 1. The average molecular weight is 463 g/mol. The number of ether oxygens (including phenoxy) is 1. The second-order valence-corrected chi connectivity index (χ2v) is 8.64. The van der Waals surface area contributed by atoms with Gasteiger partial charge >= 0.3 is 6.09 Å². The van der Waals surface area contributed by atoms with Gasteiger partial charge in [0, 0.05) is 12.5 Å². The van der Waals surface area contributed by atoms with E-state index in [1.54, 1.807) is 6.92 Å². The molecule has 4 rings (SSSR count). The number of nitrogens with zero attached hydrogens (tertiary/aromatic N) is 4. The van der Waals surface area contributed by atoms with Crippen molar-refractivity contribution in [2.75, 3.05) is 13.2 Å². The van der Waals surface area contributed by atoms with Crippen molar-refractivity contribution >= 4 is 11.9 Å². The van der Waals surface area contributed by atoms with Crippen LogP contribution >= 0.6 is 0 Å². The number of carbonyl (C=O) groups excluding carboxylic acids is 2. The Labute approximate surface area is 198 Å². The summed E-state index contributed by atoms with van der Waals surface area (Å²) in [6.45, 7) is 4.03. The number of carbonyl (C=O) groups is 2. The average Bonchev–Trinajstić information content (AvgIpc) is 3.43. The molecule has 0 aliphatic heterocycles. The maximum absolute atomic E-state index is 12.3. The molecule has 0 bridgehead atoms. The van der Waals surface area contributed by atoms with Gasteiger partial charge in [0.25, 0.3) is 0 Å². The molecule has 2 atom stereocenters. The molecule has 1 aromatic heterocycles. The number of amides is 1. The largest absolute Gasteiger partial charge is 0.449 e. The van der Waals surface area contributed by atoms with Crippen molar-refractivity contribution in [1.29, 1.82) is 0 Å². The van der Waals surface area contributed by atoms with Crippen molar-refractivity contribution in [3.8, 4) is 11.1 Å². The predicted octanol–water partition coefficient (Wildman–Crippen LogP) is 3.53. The minimum atomic E-state index is -0.467. The van der Waals surface area contributed by atoms with Gasteiger partial charge in [0.15, 0.2) is 11.6 Å². The van der Waals surface area contributed by atoms with Crippen molar-refractivity contribution in [3.63, 3.8) is 0 Å². The van der Waals surface area contributed by atoms with E-state index in [0.717, 1.165) is 0 Å². The first-order valence-corrected chi connectivity index (χ1v) is 11.6. The molecule has 9 nitrogen and oxygen atoms in total. The first-order valence-electron chi connectivity index (χ1n) is 11.6. The maximum atomic E-state index is 12.3. The fourth-order valence-corrected chi connectivity index (χ4v) is 4.52. The van der Waals surface area contributed by atoms with Crippen LogP contribution in [0.1, 0.15) is 68.1 Å². The Kier molecular flexibility index (Phi) is 7.32. The monoisotopic (exact) mass is 462 g/mol. The Morgan fingerprint density at radius 1 is 1.09 bits per heavy atom. The molecule has 0 saturated carbocycles. The molecule has 3 N–H and O–H groups in total. The topological polar surface area (TPSA) is 125 Å². The smallest absolute Gasteiger partial charge is 0.407 e. The molecular weight excluding hydrogens is 432 g/mol. The zero-order valence-corrected chi connectivity index (χ0v) is 19.5. The Morgan fingerprint density at radius 3 is 2.35 bits per heavy atom. The molecule has 0 spiro atoms. The predicted molar refractivity (Wildman–Crippen MR) is 127 cm³/mol. The van der Waals surface area contributed by atoms with E-state index in [1.165, 1.54) is 33.9 Å². The lowest BCUT2D eigenvalue weighted by atomic mass is 9.98. The highest BCUT2D eigenvalue weighted by molar-refractivity contribution is 5.80. The molecule has 0 unspecified atom stereocenters. The van der Waals surface area contributed by atoms with Crippen LogP contribution in [0.15, 0.2) is 48.5 Å². The molecule has 3 aromatic rings. The number of hydrogen-bond donors (Lipinski definition) is 2. The van der Waals surface area contributed by atoms with Crippen LogP contribution in [0.25, 0.3) is 11.1 Å². The van der Waals surface area contributed by atoms with Gasteiger partial charge in [0.05, 0.1) is 6.04 Å². The first kappa shape index (κ1) is 23.6. The first-order chi connectivity index (χ1) is 16.5.